The van der Waals surface area contributed by atoms with E-state index in [1.165, 1.54) is 4.31 Å². The molecule has 1 atom stereocenters. The van der Waals surface area contributed by atoms with Gasteiger partial charge in [-0.05, 0) is 81.1 Å². The summed E-state index contributed by atoms with van der Waals surface area (Å²) < 4.78 is 37.9. The van der Waals surface area contributed by atoms with E-state index >= 15 is 0 Å². The number of carbonyl (C=O) groups excluding carboxylic acids is 1. The largest absolute Gasteiger partial charge is 0.492 e. The molecule has 2 aromatic rings. The first-order valence-corrected chi connectivity index (χ1v) is 12.4. The first-order chi connectivity index (χ1) is 15.2. The lowest BCUT2D eigenvalue weighted by atomic mass is 10.1. The molecular formula is C23H29ClN2O5S. The number of nitrogens with zero attached hydrogens (tertiary/aromatic N) is 1. The second-order valence-electron chi connectivity index (χ2n) is 7.85. The number of nitrogens with one attached hydrogen (secondary N) is 1. The van der Waals surface area contributed by atoms with Crippen LogP contribution in [0.2, 0.25) is 5.02 Å². The van der Waals surface area contributed by atoms with E-state index in [-0.39, 0.29) is 17.4 Å². The summed E-state index contributed by atoms with van der Waals surface area (Å²) in [7, 11) is -3.44. The highest BCUT2D eigenvalue weighted by Crippen LogP contribution is 2.26. The Kier molecular flexibility index (Phi) is 8.03. The lowest BCUT2D eigenvalue weighted by Gasteiger charge is -2.17. The fourth-order valence-corrected chi connectivity index (χ4v) is 5.13. The van der Waals surface area contributed by atoms with E-state index in [0.717, 1.165) is 24.0 Å². The monoisotopic (exact) mass is 480 g/mol. The maximum Gasteiger partial charge on any atom is 0.260 e. The molecule has 32 heavy (non-hydrogen) atoms. The lowest BCUT2D eigenvalue weighted by Crippen LogP contribution is -2.38. The zero-order chi connectivity index (χ0) is 23.3. The number of benzene rings is 2. The van der Waals surface area contributed by atoms with Crippen molar-refractivity contribution in [1.29, 1.82) is 0 Å². The minimum Gasteiger partial charge on any atom is -0.492 e. The maximum absolute atomic E-state index is 12.5. The topological polar surface area (TPSA) is 84.9 Å². The van der Waals surface area contributed by atoms with Gasteiger partial charge in [0.1, 0.15) is 18.1 Å². The van der Waals surface area contributed by atoms with E-state index in [2.05, 4.69) is 5.32 Å². The fraction of sp³-hybridized carbons (Fsp3) is 0.435. The Balaban J connectivity index is 1.44. The highest BCUT2D eigenvalue weighted by molar-refractivity contribution is 7.89. The van der Waals surface area contributed by atoms with Gasteiger partial charge in [-0.3, -0.25) is 4.79 Å². The van der Waals surface area contributed by atoms with Crippen LogP contribution >= 0.6 is 11.6 Å². The van der Waals surface area contributed by atoms with E-state index in [1.54, 1.807) is 43.3 Å². The number of halogens is 1. The number of aryl methyl sites for hydroxylation is 2. The molecule has 3 rings (SSSR count). The van der Waals surface area contributed by atoms with Crippen molar-refractivity contribution in [1.82, 2.24) is 9.62 Å². The first-order valence-electron chi connectivity index (χ1n) is 10.6. The van der Waals surface area contributed by atoms with Crippen molar-refractivity contribution in [2.45, 2.75) is 44.6 Å². The molecule has 2 aromatic carbocycles. The van der Waals surface area contributed by atoms with Crippen LogP contribution in [-0.2, 0) is 14.8 Å². The van der Waals surface area contributed by atoms with Crippen molar-refractivity contribution in [3.63, 3.8) is 0 Å². The molecule has 174 valence electrons. The lowest BCUT2D eigenvalue weighted by molar-refractivity contribution is -0.127. The zero-order valence-electron chi connectivity index (χ0n) is 18.6. The maximum atomic E-state index is 12.5. The van der Waals surface area contributed by atoms with Gasteiger partial charge in [0.25, 0.3) is 5.91 Å². The summed E-state index contributed by atoms with van der Waals surface area (Å²) in [6.07, 6.45) is 1.12. The summed E-state index contributed by atoms with van der Waals surface area (Å²) in [6, 6.07) is 9.95. The van der Waals surface area contributed by atoms with E-state index in [0.29, 0.717) is 36.2 Å². The average Bonchev–Trinajstić information content (AvgIpc) is 3.31. The Morgan fingerprint density at radius 1 is 1.09 bits per heavy atom. The van der Waals surface area contributed by atoms with Gasteiger partial charge in [-0.2, -0.15) is 4.31 Å². The molecule has 7 nitrogen and oxygen atoms in total. The normalized spacial score (nSPS) is 15.4. The van der Waals surface area contributed by atoms with Crippen molar-refractivity contribution in [3.8, 4) is 11.5 Å². The number of carbonyl (C=O) groups is 1. The third-order valence-electron chi connectivity index (χ3n) is 5.29. The predicted octanol–water partition coefficient (Wildman–Crippen LogP) is 3.70. The second-order valence-corrected chi connectivity index (χ2v) is 10.2. The zero-order valence-corrected chi connectivity index (χ0v) is 20.1. The van der Waals surface area contributed by atoms with E-state index in [1.807, 2.05) is 13.8 Å². The van der Waals surface area contributed by atoms with Gasteiger partial charge in [-0.1, -0.05) is 11.6 Å². The molecule has 1 fully saturated rings. The van der Waals surface area contributed by atoms with E-state index in [9.17, 15) is 13.2 Å². The van der Waals surface area contributed by atoms with Crippen LogP contribution in [0.1, 0.15) is 30.9 Å². The molecule has 1 aliphatic heterocycles. The summed E-state index contributed by atoms with van der Waals surface area (Å²) in [5.41, 5.74) is 1.78. The first kappa shape index (κ1) is 24.4. The number of amides is 1. The van der Waals surface area contributed by atoms with Gasteiger partial charge in [0, 0.05) is 18.1 Å². The van der Waals surface area contributed by atoms with Gasteiger partial charge in [0.2, 0.25) is 10.0 Å². The Labute approximate surface area is 194 Å². The Hall–Kier alpha value is -2.29. The summed E-state index contributed by atoms with van der Waals surface area (Å²) in [4.78, 5) is 12.6. The Bertz CT molecular complexity index is 1030. The minimum absolute atomic E-state index is 0.246. The average molecular weight is 481 g/mol. The van der Waals surface area contributed by atoms with Crippen molar-refractivity contribution >= 4 is 27.5 Å². The van der Waals surface area contributed by atoms with Gasteiger partial charge < -0.3 is 14.8 Å². The van der Waals surface area contributed by atoms with Crippen LogP contribution in [0.15, 0.2) is 41.3 Å². The fourth-order valence-electron chi connectivity index (χ4n) is 3.50. The number of hydrogen-bond acceptors (Lipinski definition) is 5. The van der Waals surface area contributed by atoms with Crippen molar-refractivity contribution in [2.24, 2.45) is 0 Å². The van der Waals surface area contributed by atoms with Crippen LogP contribution in [0.3, 0.4) is 0 Å². The molecule has 0 spiro atoms. The molecule has 1 aliphatic rings. The summed E-state index contributed by atoms with van der Waals surface area (Å²) in [5.74, 6) is 0.870. The van der Waals surface area contributed by atoms with Crippen LogP contribution in [0.5, 0.6) is 11.5 Å². The van der Waals surface area contributed by atoms with Crippen molar-refractivity contribution in [2.75, 3.05) is 26.2 Å². The molecule has 0 saturated carbocycles. The van der Waals surface area contributed by atoms with E-state index < -0.39 is 16.1 Å². The van der Waals surface area contributed by atoms with Crippen LogP contribution < -0.4 is 14.8 Å². The highest BCUT2D eigenvalue weighted by atomic mass is 35.5. The predicted molar refractivity (Wildman–Crippen MR) is 124 cm³/mol. The standard InChI is InChI=1S/C23H29ClN2O5S/c1-16-14-20(15-17(2)22(16)24)31-18(3)23(27)25-10-13-30-19-6-8-21(9-7-19)32(28,29)26-11-4-5-12-26/h6-9,14-15,18H,4-5,10-13H2,1-3H3,(H,25,27)/t18-/m1/s1. The Morgan fingerprint density at radius 2 is 1.69 bits per heavy atom. The van der Waals surface area contributed by atoms with Crippen LogP contribution in [0.25, 0.3) is 0 Å². The van der Waals surface area contributed by atoms with Crippen LogP contribution in [0.4, 0.5) is 0 Å². The molecule has 9 heteroatoms. The molecule has 0 radical (unpaired) electrons. The SMILES string of the molecule is Cc1cc(O[C@H](C)C(=O)NCCOc2ccc(S(=O)(=O)N3CCCC3)cc2)cc(C)c1Cl. The highest BCUT2D eigenvalue weighted by Gasteiger charge is 2.27. The van der Waals surface area contributed by atoms with Crippen molar-refractivity contribution < 1.29 is 22.7 Å². The number of hydrogen-bond donors (Lipinski definition) is 1. The summed E-state index contributed by atoms with van der Waals surface area (Å²) in [6.45, 7) is 7.13. The molecule has 1 saturated heterocycles. The Morgan fingerprint density at radius 3 is 2.28 bits per heavy atom. The van der Waals surface area contributed by atoms with E-state index in [4.69, 9.17) is 21.1 Å². The quantitative estimate of drug-likeness (QED) is 0.553. The number of sulfonamides is 1. The number of rotatable bonds is 9. The third kappa shape index (κ3) is 5.94. The van der Waals surface area contributed by atoms with Gasteiger partial charge >= 0.3 is 0 Å². The summed E-state index contributed by atoms with van der Waals surface area (Å²) in [5, 5.41) is 3.46. The van der Waals surface area contributed by atoms with Crippen molar-refractivity contribution in [3.05, 3.63) is 52.5 Å². The summed E-state index contributed by atoms with van der Waals surface area (Å²) >= 11 is 6.16. The molecule has 1 N–H and O–H groups in total. The molecule has 0 aromatic heterocycles. The molecule has 1 heterocycles. The van der Waals surface area contributed by atoms with Crippen LogP contribution in [-0.4, -0.2) is 51.0 Å². The minimum atomic E-state index is -3.44. The van der Waals surface area contributed by atoms with Gasteiger partial charge in [0.15, 0.2) is 6.10 Å². The van der Waals surface area contributed by atoms with Gasteiger partial charge in [-0.25, -0.2) is 8.42 Å². The molecule has 0 bridgehead atoms. The smallest absolute Gasteiger partial charge is 0.260 e. The second kappa shape index (κ2) is 10.6. The third-order valence-corrected chi connectivity index (χ3v) is 7.80. The molecule has 0 aliphatic carbocycles. The van der Waals surface area contributed by atoms with Gasteiger partial charge in [-0.15, -0.1) is 0 Å². The molecule has 0 unspecified atom stereocenters. The van der Waals surface area contributed by atoms with Crippen LogP contribution in [0, 0.1) is 13.8 Å². The molecule has 1 amide bonds. The molecular weight excluding hydrogens is 452 g/mol. The number of ether oxygens (including phenoxy) is 2. The van der Waals surface area contributed by atoms with Gasteiger partial charge in [0.05, 0.1) is 11.4 Å².